The standard InChI is InChI=1S/C16H21N3O2/c1-20-15-8-6-13(10-16(15)21-2)14(19-17)7-5-12-4-3-9-18-11-12/h3-4,6,8-11,14,19H,5,7,17H2,1-2H3. The fourth-order valence-corrected chi connectivity index (χ4v) is 2.27. The minimum absolute atomic E-state index is 0.0463. The van der Waals surface area contributed by atoms with E-state index in [0.29, 0.717) is 11.5 Å². The van der Waals surface area contributed by atoms with Gasteiger partial charge in [0.2, 0.25) is 0 Å². The van der Waals surface area contributed by atoms with Gasteiger partial charge in [-0.15, -0.1) is 0 Å². The number of pyridine rings is 1. The molecule has 0 aliphatic heterocycles. The number of aryl methyl sites for hydroxylation is 1. The van der Waals surface area contributed by atoms with Gasteiger partial charge < -0.3 is 9.47 Å². The van der Waals surface area contributed by atoms with Crippen LogP contribution in [0.2, 0.25) is 0 Å². The molecule has 0 aliphatic carbocycles. The molecular formula is C16H21N3O2. The number of ether oxygens (including phenoxy) is 2. The van der Waals surface area contributed by atoms with Gasteiger partial charge in [0.1, 0.15) is 0 Å². The quantitative estimate of drug-likeness (QED) is 0.604. The molecular weight excluding hydrogens is 266 g/mol. The zero-order valence-corrected chi connectivity index (χ0v) is 12.4. The van der Waals surface area contributed by atoms with E-state index in [0.717, 1.165) is 18.4 Å². The number of benzene rings is 1. The van der Waals surface area contributed by atoms with E-state index in [1.54, 1.807) is 20.4 Å². The molecule has 1 heterocycles. The third-order valence-electron chi connectivity index (χ3n) is 3.46. The molecule has 21 heavy (non-hydrogen) atoms. The van der Waals surface area contributed by atoms with Gasteiger partial charge in [-0.2, -0.15) is 0 Å². The van der Waals surface area contributed by atoms with E-state index in [1.807, 2.05) is 30.5 Å². The maximum atomic E-state index is 5.69. The van der Waals surface area contributed by atoms with Crippen molar-refractivity contribution in [3.8, 4) is 11.5 Å². The van der Waals surface area contributed by atoms with Crippen LogP contribution in [0.5, 0.6) is 11.5 Å². The van der Waals surface area contributed by atoms with Gasteiger partial charge in [0, 0.05) is 18.4 Å². The van der Waals surface area contributed by atoms with Crippen molar-refractivity contribution in [3.63, 3.8) is 0 Å². The summed E-state index contributed by atoms with van der Waals surface area (Å²) in [7, 11) is 3.25. The summed E-state index contributed by atoms with van der Waals surface area (Å²) in [6.45, 7) is 0. The van der Waals surface area contributed by atoms with Crippen LogP contribution in [0, 0.1) is 0 Å². The molecule has 5 nitrogen and oxygen atoms in total. The normalized spacial score (nSPS) is 12.0. The third-order valence-corrected chi connectivity index (χ3v) is 3.46. The van der Waals surface area contributed by atoms with Crippen LogP contribution in [0.25, 0.3) is 0 Å². The average molecular weight is 287 g/mol. The molecule has 2 rings (SSSR count). The number of nitrogens with two attached hydrogens (primary N) is 1. The highest BCUT2D eigenvalue weighted by molar-refractivity contribution is 5.43. The van der Waals surface area contributed by atoms with Crippen molar-refractivity contribution in [1.29, 1.82) is 0 Å². The maximum absolute atomic E-state index is 5.69. The summed E-state index contributed by atoms with van der Waals surface area (Å²) >= 11 is 0. The van der Waals surface area contributed by atoms with E-state index in [1.165, 1.54) is 5.56 Å². The fourth-order valence-electron chi connectivity index (χ4n) is 2.27. The Kier molecular flexibility index (Phi) is 5.54. The van der Waals surface area contributed by atoms with Crippen LogP contribution in [-0.4, -0.2) is 19.2 Å². The molecule has 0 fully saturated rings. The molecule has 5 heteroatoms. The second-order valence-electron chi connectivity index (χ2n) is 4.73. The van der Waals surface area contributed by atoms with Gasteiger partial charge in [-0.1, -0.05) is 12.1 Å². The van der Waals surface area contributed by atoms with Crippen molar-refractivity contribution in [1.82, 2.24) is 10.4 Å². The molecule has 1 unspecified atom stereocenters. The van der Waals surface area contributed by atoms with Crippen molar-refractivity contribution < 1.29 is 9.47 Å². The van der Waals surface area contributed by atoms with Crippen LogP contribution >= 0.6 is 0 Å². The first-order valence-electron chi connectivity index (χ1n) is 6.85. The first kappa shape index (κ1) is 15.3. The van der Waals surface area contributed by atoms with E-state index >= 15 is 0 Å². The summed E-state index contributed by atoms with van der Waals surface area (Å²) in [5, 5.41) is 0. The van der Waals surface area contributed by atoms with Gasteiger partial charge in [0.25, 0.3) is 0 Å². The molecule has 0 saturated heterocycles. The highest BCUT2D eigenvalue weighted by Gasteiger charge is 2.13. The molecule has 0 amide bonds. The number of nitrogens with zero attached hydrogens (tertiary/aromatic N) is 1. The highest BCUT2D eigenvalue weighted by Crippen LogP contribution is 2.31. The number of hydrazine groups is 1. The Morgan fingerprint density at radius 1 is 1.19 bits per heavy atom. The lowest BCUT2D eigenvalue weighted by molar-refractivity contribution is 0.353. The zero-order valence-electron chi connectivity index (χ0n) is 12.4. The van der Waals surface area contributed by atoms with Crippen LogP contribution in [0.4, 0.5) is 0 Å². The summed E-state index contributed by atoms with van der Waals surface area (Å²) in [6.07, 6.45) is 5.42. The molecule has 1 aromatic heterocycles. The second-order valence-corrected chi connectivity index (χ2v) is 4.73. The summed E-state index contributed by atoms with van der Waals surface area (Å²) in [4.78, 5) is 4.12. The monoisotopic (exact) mass is 287 g/mol. The van der Waals surface area contributed by atoms with Gasteiger partial charge in [-0.05, 0) is 42.2 Å². The van der Waals surface area contributed by atoms with Gasteiger partial charge in [0.15, 0.2) is 11.5 Å². The SMILES string of the molecule is COc1ccc(C(CCc2cccnc2)NN)cc1OC. The lowest BCUT2D eigenvalue weighted by Gasteiger charge is -2.18. The van der Waals surface area contributed by atoms with E-state index in [9.17, 15) is 0 Å². The van der Waals surface area contributed by atoms with Crippen LogP contribution in [0.15, 0.2) is 42.7 Å². The molecule has 0 spiro atoms. The Labute approximate surface area is 125 Å². The minimum Gasteiger partial charge on any atom is -0.493 e. The second kappa shape index (κ2) is 7.61. The van der Waals surface area contributed by atoms with Crippen molar-refractivity contribution in [2.24, 2.45) is 5.84 Å². The van der Waals surface area contributed by atoms with Gasteiger partial charge in [-0.3, -0.25) is 16.3 Å². The Balaban J connectivity index is 2.10. The number of nitrogens with one attached hydrogen (secondary N) is 1. The first-order chi connectivity index (χ1) is 10.3. The van der Waals surface area contributed by atoms with E-state index in [4.69, 9.17) is 15.3 Å². The summed E-state index contributed by atoms with van der Waals surface area (Å²) in [6, 6.07) is 9.89. The molecule has 1 atom stereocenters. The molecule has 1 aromatic carbocycles. The van der Waals surface area contributed by atoms with Crippen LogP contribution in [-0.2, 0) is 6.42 Å². The topological polar surface area (TPSA) is 69.4 Å². The lowest BCUT2D eigenvalue weighted by atomic mass is 10.00. The molecule has 2 aromatic rings. The fraction of sp³-hybridized carbons (Fsp3) is 0.312. The van der Waals surface area contributed by atoms with Gasteiger partial charge >= 0.3 is 0 Å². The van der Waals surface area contributed by atoms with Crippen molar-refractivity contribution >= 4 is 0 Å². The predicted molar refractivity (Wildman–Crippen MR) is 82.2 cm³/mol. The number of aromatic nitrogens is 1. The first-order valence-corrected chi connectivity index (χ1v) is 6.85. The Bertz CT molecular complexity index is 561. The maximum Gasteiger partial charge on any atom is 0.161 e. The van der Waals surface area contributed by atoms with E-state index in [2.05, 4.69) is 16.5 Å². The number of methoxy groups -OCH3 is 2. The number of hydrogen-bond acceptors (Lipinski definition) is 5. The lowest BCUT2D eigenvalue weighted by Crippen LogP contribution is -2.28. The Hall–Kier alpha value is -2.11. The Morgan fingerprint density at radius 3 is 2.62 bits per heavy atom. The van der Waals surface area contributed by atoms with Crippen LogP contribution < -0.4 is 20.7 Å². The molecule has 0 radical (unpaired) electrons. The van der Waals surface area contributed by atoms with Gasteiger partial charge in [-0.25, -0.2) is 0 Å². The van der Waals surface area contributed by atoms with Crippen molar-refractivity contribution in [3.05, 3.63) is 53.9 Å². The van der Waals surface area contributed by atoms with Crippen molar-refractivity contribution in [2.75, 3.05) is 14.2 Å². The van der Waals surface area contributed by atoms with E-state index in [-0.39, 0.29) is 6.04 Å². The molecule has 0 aliphatic rings. The Morgan fingerprint density at radius 2 is 2.00 bits per heavy atom. The number of hydrogen-bond donors (Lipinski definition) is 2. The van der Waals surface area contributed by atoms with Crippen LogP contribution in [0.3, 0.4) is 0 Å². The average Bonchev–Trinajstić information content (AvgIpc) is 2.56. The minimum atomic E-state index is 0.0463. The third kappa shape index (κ3) is 3.93. The van der Waals surface area contributed by atoms with E-state index < -0.39 is 0 Å². The highest BCUT2D eigenvalue weighted by atomic mass is 16.5. The molecule has 3 N–H and O–H groups in total. The molecule has 0 bridgehead atoms. The molecule has 112 valence electrons. The van der Waals surface area contributed by atoms with Crippen molar-refractivity contribution in [2.45, 2.75) is 18.9 Å². The summed E-state index contributed by atoms with van der Waals surface area (Å²) in [5.74, 6) is 7.11. The smallest absolute Gasteiger partial charge is 0.161 e. The largest absolute Gasteiger partial charge is 0.493 e. The molecule has 0 saturated carbocycles. The predicted octanol–water partition coefficient (Wildman–Crippen LogP) is 2.24. The summed E-state index contributed by atoms with van der Waals surface area (Å²) in [5.41, 5.74) is 5.12. The zero-order chi connectivity index (χ0) is 15.1. The van der Waals surface area contributed by atoms with Gasteiger partial charge in [0.05, 0.1) is 14.2 Å². The van der Waals surface area contributed by atoms with Crippen LogP contribution in [0.1, 0.15) is 23.6 Å². The number of rotatable bonds is 7. The summed E-state index contributed by atoms with van der Waals surface area (Å²) < 4.78 is 10.6.